The topological polar surface area (TPSA) is 38.8 Å². The minimum Gasteiger partial charge on any atom is -0.491 e. The number of benzene rings is 2. The Kier molecular flexibility index (Phi) is 6.51. The van der Waals surface area contributed by atoms with Crippen LogP contribution in [0.15, 0.2) is 54.6 Å². The van der Waals surface area contributed by atoms with E-state index in [0.717, 1.165) is 11.3 Å². The number of amides is 1. The lowest BCUT2D eigenvalue weighted by Crippen LogP contribution is -2.49. The van der Waals surface area contributed by atoms with Crippen molar-refractivity contribution in [3.63, 3.8) is 0 Å². The molecule has 27 heavy (non-hydrogen) atoms. The van der Waals surface area contributed by atoms with Crippen molar-refractivity contribution in [2.45, 2.75) is 32.8 Å². The summed E-state index contributed by atoms with van der Waals surface area (Å²) < 4.78 is 11.7. The van der Waals surface area contributed by atoms with Crippen molar-refractivity contribution in [1.29, 1.82) is 0 Å². The zero-order valence-corrected chi connectivity index (χ0v) is 16.4. The number of hydrogen-bond acceptors (Lipinski definition) is 3. The van der Waals surface area contributed by atoms with E-state index >= 15 is 0 Å². The summed E-state index contributed by atoms with van der Waals surface area (Å²) >= 11 is 0. The molecule has 4 heteroatoms. The summed E-state index contributed by atoms with van der Waals surface area (Å²) in [5.41, 5.74) is 2.28. The lowest BCUT2D eigenvalue weighted by atomic mass is 9.87. The first-order valence-electron chi connectivity index (χ1n) is 9.69. The SMILES string of the molecule is Cc1ccc(OCC2CN(C(=O)C(c3ccccc3)C(C)C)CCO2)cc1. The van der Waals surface area contributed by atoms with Gasteiger partial charge in [-0.1, -0.05) is 61.9 Å². The number of carbonyl (C=O) groups excluding carboxylic acids is 1. The van der Waals surface area contributed by atoms with Crippen molar-refractivity contribution >= 4 is 5.91 Å². The Morgan fingerprint density at radius 3 is 2.52 bits per heavy atom. The fourth-order valence-corrected chi connectivity index (χ4v) is 3.51. The number of hydrogen-bond donors (Lipinski definition) is 0. The van der Waals surface area contributed by atoms with Crippen molar-refractivity contribution < 1.29 is 14.3 Å². The Balaban J connectivity index is 1.62. The third-order valence-electron chi connectivity index (χ3n) is 5.00. The molecular formula is C23H29NO3. The molecule has 0 N–H and O–H groups in total. The molecule has 144 valence electrons. The van der Waals surface area contributed by atoms with Crippen molar-refractivity contribution in [2.24, 2.45) is 5.92 Å². The summed E-state index contributed by atoms with van der Waals surface area (Å²) in [6.45, 7) is 8.46. The van der Waals surface area contributed by atoms with E-state index in [1.807, 2.05) is 59.5 Å². The predicted molar refractivity (Wildman–Crippen MR) is 107 cm³/mol. The quantitative estimate of drug-likeness (QED) is 0.773. The molecule has 1 saturated heterocycles. The Morgan fingerprint density at radius 1 is 1.15 bits per heavy atom. The Bertz CT molecular complexity index is 727. The number of carbonyl (C=O) groups is 1. The lowest BCUT2D eigenvalue weighted by molar-refractivity contribution is -0.142. The average molecular weight is 367 g/mol. The first-order valence-corrected chi connectivity index (χ1v) is 9.69. The maximum atomic E-state index is 13.2. The number of ether oxygens (including phenoxy) is 2. The van der Waals surface area contributed by atoms with Crippen molar-refractivity contribution in [1.82, 2.24) is 4.90 Å². The summed E-state index contributed by atoms with van der Waals surface area (Å²) in [7, 11) is 0. The van der Waals surface area contributed by atoms with Gasteiger partial charge in [0.05, 0.1) is 19.1 Å². The molecule has 0 saturated carbocycles. The summed E-state index contributed by atoms with van der Waals surface area (Å²) in [5.74, 6) is 1.13. The number of rotatable bonds is 6. The van der Waals surface area contributed by atoms with Crippen LogP contribution < -0.4 is 4.74 Å². The minimum absolute atomic E-state index is 0.104. The van der Waals surface area contributed by atoms with E-state index < -0.39 is 0 Å². The van der Waals surface area contributed by atoms with Gasteiger partial charge in [-0.05, 0) is 30.5 Å². The molecule has 2 unspecified atom stereocenters. The van der Waals surface area contributed by atoms with Gasteiger partial charge >= 0.3 is 0 Å². The molecule has 0 bridgehead atoms. The summed E-state index contributed by atoms with van der Waals surface area (Å²) in [5, 5.41) is 0. The third-order valence-corrected chi connectivity index (χ3v) is 5.00. The average Bonchev–Trinajstić information content (AvgIpc) is 2.68. The molecule has 0 aliphatic carbocycles. The largest absolute Gasteiger partial charge is 0.491 e. The lowest BCUT2D eigenvalue weighted by Gasteiger charge is -2.36. The molecule has 2 aromatic carbocycles. The second kappa shape index (κ2) is 9.05. The van der Waals surface area contributed by atoms with Crippen LogP contribution >= 0.6 is 0 Å². The van der Waals surface area contributed by atoms with Crippen LogP contribution in [0.2, 0.25) is 0 Å². The smallest absolute Gasteiger partial charge is 0.230 e. The molecule has 1 fully saturated rings. The van der Waals surface area contributed by atoms with Gasteiger partial charge in [-0.3, -0.25) is 4.79 Å². The summed E-state index contributed by atoms with van der Waals surface area (Å²) in [4.78, 5) is 15.2. The summed E-state index contributed by atoms with van der Waals surface area (Å²) in [6, 6.07) is 18.0. The maximum Gasteiger partial charge on any atom is 0.230 e. The second-order valence-electron chi connectivity index (χ2n) is 7.53. The van der Waals surface area contributed by atoms with Gasteiger partial charge in [-0.15, -0.1) is 0 Å². The Labute approximate surface area is 162 Å². The maximum absolute atomic E-state index is 13.2. The van der Waals surface area contributed by atoms with Crippen LogP contribution in [0.1, 0.15) is 30.9 Å². The van der Waals surface area contributed by atoms with Crippen molar-refractivity contribution in [3.8, 4) is 5.75 Å². The number of morpholine rings is 1. The molecule has 1 aliphatic heterocycles. The molecule has 4 nitrogen and oxygen atoms in total. The fourth-order valence-electron chi connectivity index (χ4n) is 3.51. The molecule has 0 aromatic heterocycles. The van der Waals surface area contributed by atoms with E-state index in [-0.39, 0.29) is 23.8 Å². The monoisotopic (exact) mass is 367 g/mol. The highest BCUT2D eigenvalue weighted by atomic mass is 16.5. The Hall–Kier alpha value is -2.33. The standard InChI is InChI=1S/C23H29NO3/c1-17(2)22(19-7-5-4-6-8-19)23(25)24-13-14-26-21(15-24)16-27-20-11-9-18(3)10-12-20/h4-12,17,21-22H,13-16H2,1-3H3. The molecule has 1 amide bonds. The van der Waals surface area contributed by atoms with Crippen LogP contribution in [0, 0.1) is 12.8 Å². The van der Waals surface area contributed by atoms with E-state index in [1.165, 1.54) is 5.56 Å². The van der Waals surface area contributed by atoms with Crippen LogP contribution in [0.25, 0.3) is 0 Å². The fraction of sp³-hybridized carbons (Fsp3) is 0.435. The van der Waals surface area contributed by atoms with Gasteiger partial charge < -0.3 is 14.4 Å². The van der Waals surface area contributed by atoms with E-state index in [1.54, 1.807) is 0 Å². The van der Waals surface area contributed by atoms with Gasteiger partial charge in [0, 0.05) is 6.54 Å². The zero-order chi connectivity index (χ0) is 19.2. The molecule has 1 aliphatic rings. The summed E-state index contributed by atoms with van der Waals surface area (Å²) in [6.07, 6.45) is -0.104. The first-order chi connectivity index (χ1) is 13.0. The highest BCUT2D eigenvalue weighted by molar-refractivity contribution is 5.84. The Morgan fingerprint density at radius 2 is 1.85 bits per heavy atom. The predicted octanol–water partition coefficient (Wildman–Crippen LogP) is 4.04. The molecule has 2 aromatic rings. The highest BCUT2D eigenvalue weighted by Crippen LogP contribution is 2.27. The van der Waals surface area contributed by atoms with Crippen LogP contribution in [0.5, 0.6) is 5.75 Å². The van der Waals surface area contributed by atoms with Gasteiger partial charge in [0.15, 0.2) is 0 Å². The molecule has 3 rings (SSSR count). The van der Waals surface area contributed by atoms with E-state index in [2.05, 4.69) is 20.8 Å². The van der Waals surface area contributed by atoms with Crippen LogP contribution in [-0.2, 0) is 9.53 Å². The molecular weight excluding hydrogens is 338 g/mol. The van der Waals surface area contributed by atoms with E-state index in [9.17, 15) is 4.79 Å². The molecule has 0 radical (unpaired) electrons. The first kappa shape index (κ1) is 19.4. The molecule has 0 spiro atoms. The van der Waals surface area contributed by atoms with Gasteiger partial charge in [0.25, 0.3) is 0 Å². The molecule has 2 atom stereocenters. The van der Waals surface area contributed by atoms with Gasteiger partial charge in [-0.25, -0.2) is 0 Å². The van der Waals surface area contributed by atoms with E-state index in [4.69, 9.17) is 9.47 Å². The van der Waals surface area contributed by atoms with E-state index in [0.29, 0.717) is 26.3 Å². The minimum atomic E-state index is -0.122. The van der Waals surface area contributed by atoms with Crippen LogP contribution in [-0.4, -0.2) is 43.2 Å². The van der Waals surface area contributed by atoms with Crippen LogP contribution in [0.4, 0.5) is 0 Å². The third kappa shape index (κ3) is 5.10. The molecule has 1 heterocycles. The van der Waals surface area contributed by atoms with Gasteiger partial charge in [0.1, 0.15) is 18.5 Å². The number of nitrogens with zero attached hydrogens (tertiary/aromatic N) is 1. The van der Waals surface area contributed by atoms with Gasteiger partial charge in [0.2, 0.25) is 5.91 Å². The van der Waals surface area contributed by atoms with Crippen LogP contribution in [0.3, 0.4) is 0 Å². The normalized spacial score (nSPS) is 18.4. The van der Waals surface area contributed by atoms with Gasteiger partial charge in [-0.2, -0.15) is 0 Å². The number of aryl methyl sites for hydroxylation is 1. The second-order valence-corrected chi connectivity index (χ2v) is 7.53. The van der Waals surface area contributed by atoms with Crippen molar-refractivity contribution in [2.75, 3.05) is 26.3 Å². The zero-order valence-electron chi connectivity index (χ0n) is 16.4. The van der Waals surface area contributed by atoms with Crippen molar-refractivity contribution in [3.05, 3.63) is 65.7 Å². The highest BCUT2D eigenvalue weighted by Gasteiger charge is 2.32.